The number of β-amino-alcohol motifs (C(OH)–C–C–N with tert-alkyl or cyclic N) is 1. The lowest BCUT2D eigenvalue weighted by Gasteiger charge is -2.30. The van der Waals surface area contributed by atoms with Gasteiger partial charge in [0.25, 0.3) is 0 Å². The maximum Gasteiger partial charge on any atom is 0.303 e. The Labute approximate surface area is 202 Å². The molecule has 0 saturated heterocycles. The summed E-state index contributed by atoms with van der Waals surface area (Å²) in [7, 11) is 0. The Morgan fingerprint density at radius 3 is 2.56 bits per heavy atom. The maximum atomic E-state index is 10.7. The van der Waals surface area contributed by atoms with Crippen LogP contribution in [0.1, 0.15) is 61.8 Å². The Bertz CT molecular complexity index is 987. The number of aliphatic hydroxyl groups is 1. The molecule has 0 fully saturated rings. The Hall–Kier alpha value is -2.88. The molecule has 6 nitrogen and oxygen atoms in total. The molecule has 182 valence electrons. The standard InChI is InChI=1S/C28H36N2O4/c1-28(2,16-21-13-22-8-4-5-9-23(22)14-21)30-18-25(31)19-34-26-15-20(11-12-24(26)17-29)7-3-6-10-27(32)33/h4-5,8-9,11-12,15,21,25,30-31H,3,6-7,10,13-14,16,18-19H2,1-2H3,(H,32,33). The van der Waals surface area contributed by atoms with Crippen molar-refractivity contribution in [3.8, 4) is 11.8 Å². The average Bonchev–Trinajstić information content (AvgIpc) is 3.20. The molecule has 2 aromatic carbocycles. The second kappa shape index (κ2) is 12.0. The molecule has 0 aromatic heterocycles. The minimum absolute atomic E-state index is 0.0924. The number of carboxylic acids is 1. The minimum Gasteiger partial charge on any atom is -0.489 e. The Morgan fingerprint density at radius 1 is 1.21 bits per heavy atom. The summed E-state index contributed by atoms with van der Waals surface area (Å²) in [4.78, 5) is 10.7. The number of nitrogens with zero attached hydrogens (tertiary/aromatic N) is 1. The number of nitrogens with one attached hydrogen (secondary N) is 1. The van der Waals surface area contributed by atoms with Crippen molar-refractivity contribution in [1.29, 1.82) is 5.26 Å². The summed E-state index contributed by atoms with van der Waals surface area (Å²) in [5.41, 5.74) is 4.21. The molecule has 2 aromatic rings. The fourth-order valence-electron chi connectivity index (χ4n) is 4.77. The van der Waals surface area contributed by atoms with Crippen LogP contribution in [0, 0.1) is 17.2 Å². The smallest absolute Gasteiger partial charge is 0.303 e. The SMILES string of the molecule is CC(C)(CC1Cc2ccccc2C1)NCC(O)COc1cc(CCCCC(=O)O)ccc1C#N. The van der Waals surface area contributed by atoms with Crippen LogP contribution in [-0.2, 0) is 24.1 Å². The second-order valence-electron chi connectivity index (χ2n) is 10.0. The van der Waals surface area contributed by atoms with Crippen molar-refractivity contribution < 1.29 is 19.7 Å². The molecule has 0 heterocycles. The highest BCUT2D eigenvalue weighted by molar-refractivity contribution is 5.66. The lowest BCUT2D eigenvalue weighted by molar-refractivity contribution is -0.137. The summed E-state index contributed by atoms with van der Waals surface area (Å²) in [6, 6.07) is 16.2. The van der Waals surface area contributed by atoms with Crippen molar-refractivity contribution >= 4 is 5.97 Å². The number of carbonyl (C=O) groups is 1. The van der Waals surface area contributed by atoms with Gasteiger partial charge in [0, 0.05) is 18.5 Å². The van der Waals surface area contributed by atoms with E-state index in [1.807, 2.05) is 12.1 Å². The fourth-order valence-corrected chi connectivity index (χ4v) is 4.77. The van der Waals surface area contributed by atoms with E-state index in [1.54, 1.807) is 6.07 Å². The molecule has 1 aliphatic carbocycles. The van der Waals surface area contributed by atoms with Gasteiger partial charge in [-0.15, -0.1) is 0 Å². The molecule has 0 spiro atoms. The number of aliphatic hydroxyl groups excluding tert-OH is 1. The highest BCUT2D eigenvalue weighted by Gasteiger charge is 2.28. The average molecular weight is 465 g/mol. The summed E-state index contributed by atoms with van der Waals surface area (Å²) < 4.78 is 5.81. The molecule has 3 N–H and O–H groups in total. The molecule has 34 heavy (non-hydrogen) atoms. The molecular formula is C28H36N2O4. The lowest BCUT2D eigenvalue weighted by atomic mass is 9.88. The molecule has 0 aliphatic heterocycles. The predicted octanol–water partition coefficient (Wildman–Crippen LogP) is 4.27. The van der Waals surface area contributed by atoms with Crippen molar-refractivity contribution in [2.75, 3.05) is 13.2 Å². The van der Waals surface area contributed by atoms with Crippen molar-refractivity contribution in [3.05, 3.63) is 64.7 Å². The maximum absolute atomic E-state index is 10.7. The number of ether oxygens (including phenoxy) is 1. The Balaban J connectivity index is 1.44. The van der Waals surface area contributed by atoms with E-state index in [-0.39, 0.29) is 18.6 Å². The first kappa shape index (κ1) is 25.7. The zero-order chi connectivity index (χ0) is 24.6. The van der Waals surface area contributed by atoms with E-state index in [1.165, 1.54) is 11.1 Å². The normalized spacial score (nSPS) is 14.4. The number of unbranched alkanes of at least 4 members (excludes halogenated alkanes) is 1. The van der Waals surface area contributed by atoms with Crippen LogP contribution in [0.3, 0.4) is 0 Å². The van der Waals surface area contributed by atoms with Crippen LogP contribution >= 0.6 is 0 Å². The number of rotatable bonds is 13. The number of benzene rings is 2. The quantitative estimate of drug-likeness (QED) is 0.383. The van der Waals surface area contributed by atoms with Gasteiger partial charge in [-0.3, -0.25) is 4.79 Å². The van der Waals surface area contributed by atoms with Gasteiger partial charge >= 0.3 is 5.97 Å². The molecule has 1 atom stereocenters. The van der Waals surface area contributed by atoms with Gasteiger partial charge in [-0.2, -0.15) is 5.26 Å². The molecule has 3 rings (SSSR count). The van der Waals surface area contributed by atoms with Crippen LogP contribution in [-0.4, -0.2) is 41.0 Å². The van der Waals surface area contributed by atoms with Gasteiger partial charge in [0.1, 0.15) is 24.5 Å². The zero-order valence-corrected chi connectivity index (χ0v) is 20.2. The van der Waals surface area contributed by atoms with E-state index in [0.29, 0.717) is 30.2 Å². The fraction of sp³-hybridized carbons (Fsp3) is 0.500. The van der Waals surface area contributed by atoms with Crippen molar-refractivity contribution in [3.63, 3.8) is 0 Å². The monoisotopic (exact) mass is 464 g/mol. The van der Waals surface area contributed by atoms with Gasteiger partial charge in [0.05, 0.1) is 5.56 Å². The number of aryl methyl sites for hydroxylation is 1. The van der Waals surface area contributed by atoms with Crippen LogP contribution in [0.4, 0.5) is 0 Å². The summed E-state index contributed by atoms with van der Waals surface area (Å²) >= 11 is 0. The topological polar surface area (TPSA) is 103 Å². The van der Waals surface area contributed by atoms with E-state index >= 15 is 0 Å². The Morgan fingerprint density at radius 2 is 1.91 bits per heavy atom. The first-order chi connectivity index (χ1) is 16.3. The molecule has 0 saturated carbocycles. The molecule has 1 unspecified atom stereocenters. The van der Waals surface area contributed by atoms with Gasteiger partial charge in [-0.25, -0.2) is 0 Å². The first-order valence-corrected chi connectivity index (χ1v) is 12.1. The van der Waals surface area contributed by atoms with Crippen LogP contribution in [0.25, 0.3) is 0 Å². The summed E-state index contributed by atoms with van der Waals surface area (Å²) in [5, 5.41) is 32.2. The first-order valence-electron chi connectivity index (χ1n) is 12.1. The third kappa shape index (κ3) is 7.86. The van der Waals surface area contributed by atoms with E-state index < -0.39 is 12.1 Å². The highest BCUT2D eigenvalue weighted by Crippen LogP contribution is 2.31. The van der Waals surface area contributed by atoms with Crippen molar-refractivity contribution in [2.24, 2.45) is 5.92 Å². The van der Waals surface area contributed by atoms with E-state index in [9.17, 15) is 15.2 Å². The van der Waals surface area contributed by atoms with Crippen LogP contribution in [0.2, 0.25) is 0 Å². The number of hydrogen-bond acceptors (Lipinski definition) is 5. The summed E-state index contributed by atoms with van der Waals surface area (Å²) in [6.07, 6.45) is 4.78. The third-order valence-corrected chi connectivity index (χ3v) is 6.45. The third-order valence-electron chi connectivity index (χ3n) is 6.45. The number of nitriles is 1. The molecule has 0 amide bonds. The number of carboxylic acid groups (broad SMARTS) is 1. The predicted molar refractivity (Wildman–Crippen MR) is 132 cm³/mol. The van der Waals surface area contributed by atoms with Gasteiger partial charge in [0.15, 0.2) is 0 Å². The number of hydrogen-bond donors (Lipinski definition) is 3. The summed E-state index contributed by atoms with van der Waals surface area (Å²) in [6.45, 7) is 4.84. The van der Waals surface area contributed by atoms with E-state index in [2.05, 4.69) is 49.5 Å². The Kier molecular flexibility index (Phi) is 9.09. The number of fused-ring (bicyclic) bond motifs is 1. The second-order valence-corrected chi connectivity index (χ2v) is 10.0. The largest absolute Gasteiger partial charge is 0.489 e. The lowest BCUT2D eigenvalue weighted by Crippen LogP contribution is -2.46. The van der Waals surface area contributed by atoms with Gasteiger partial charge in [0.2, 0.25) is 0 Å². The van der Waals surface area contributed by atoms with E-state index in [0.717, 1.165) is 37.7 Å². The van der Waals surface area contributed by atoms with Crippen LogP contribution < -0.4 is 10.1 Å². The minimum atomic E-state index is -0.789. The number of aliphatic carboxylic acids is 1. The van der Waals surface area contributed by atoms with Gasteiger partial charge in [-0.05, 0) is 87.1 Å². The van der Waals surface area contributed by atoms with Crippen molar-refractivity contribution in [1.82, 2.24) is 5.32 Å². The highest BCUT2D eigenvalue weighted by atomic mass is 16.5. The van der Waals surface area contributed by atoms with Crippen LogP contribution in [0.5, 0.6) is 5.75 Å². The van der Waals surface area contributed by atoms with Crippen LogP contribution in [0.15, 0.2) is 42.5 Å². The molecule has 0 bridgehead atoms. The molecular weight excluding hydrogens is 428 g/mol. The molecule has 6 heteroatoms. The van der Waals surface area contributed by atoms with E-state index in [4.69, 9.17) is 9.84 Å². The molecule has 1 aliphatic rings. The van der Waals surface area contributed by atoms with Gasteiger partial charge in [-0.1, -0.05) is 30.3 Å². The van der Waals surface area contributed by atoms with Crippen molar-refractivity contribution in [2.45, 2.75) is 70.4 Å². The zero-order valence-electron chi connectivity index (χ0n) is 20.2. The molecule has 0 radical (unpaired) electrons. The summed E-state index contributed by atoms with van der Waals surface area (Å²) in [5.74, 6) is 0.271. The van der Waals surface area contributed by atoms with Gasteiger partial charge < -0.3 is 20.3 Å².